The minimum absolute atomic E-state index is 0.0303. The number of esters is 1. The van der Waals surface area contributed by atoms with Crippen LogP contribution in [0, 0.1) is 10.1 Å². The summed E-state index contributed by atoms with van der Waals surface area (Å²) < 4.78 is 16.9. The van der Waals surface area contributed by atoms with Crippen molar-refractivity contribution in [3.8, 4) is 11.5 Å². The molecule has 0 amide bonds. The van der Waals surface area contributed by atoms with E-state index in [-0.39, 0.29) is 27.9 Å². The second kappa shape index (κ2) is 10.8. The SMILES string of the molecule is CCOc1cc(/C=C2\N=C(c3cc([N+](=O)[O-])ccc3Cl)OC2=O)ccc1OCCc1ccccc1. The number of carbonyl (C=O) groups excluding carboxylic acids is 1. The summed E-state index contributed by atoms with van der Waals surface area (Å²) in [5.41, 5.74) is 1.82. The Morgan fingerprint density at radius 3 is 2.60 bits per heavy atom. The topological polar surface area (TPSA) is 100 Å². The third-order valence-corrected chi connectivity index (χ3v) is 5.40. The van der Waals surface area contributed by atoms with E-state index in [2.05, 4.69) is 4.99 Å². The van der Waals surface area contributed by atoms with Gasteiger partial charge >= 0.3 is 5.97 Å². The molecule has 0 bridgehead atoms. The van der Waals surface area contributed by atoms with E-state index in [9.17, 15) is 14.9 Å². The van der Waals surface area contributed by atoms with Crippen LogP contribution in [0.5, 0.6) is 11.5 Å². The van der Waals surface area contributed by atoms with Gasteiger partial charge in [0.2, 0.25) is 5.90 Å². The van der Waals surface area contributed by atoms with Crippen LogP contribution >= 0.6 is 11.6 Å². The summed E-state index contributed by atoms with van der Waals surface area (Å²) in [5.74, 6) is 0.336. The van der Waals surface area contributed by atoms with Crippen molar-refractivity contribution in [2.24, 2.45) is 4.99 Å². The smallest absolute Gasteiger partial charge is 0.363 e. The Labute approximate surface area is 206 Å². The number of non-ortho nitro benzene ring substituents is 1. The third kappa shape index (κ3) is 5.85. The molecule has 178 valence electrons. The van der Waals surface area contributed by atoms with Gasteiger partial charge in [0.15, 0.2) is 17.2 Å². The monoisotopic (exact) mass is 492 g/mol. The average Bonchev–Trinajstić information content (AvgIpc) is 3.21. The Balaban J connectivity index is 1.55. The number of benzene rings is 3. The molecule has 0 saturated carbocycles. The van der Waals surface area contributed by atoms with Crippen LogP contribution in [-0.2, 0) is 16.0 Å². The number of ether oxygens (including phenoxy) is 3. The molecule has 0 radical (unpaired) electrons. The fraction of sp³-hybridized carbons (Fsp3) is 0.154. The average molecular weight is 493 g/mol. The summed E-state index contributed by atoms with van der Waals surface area (Å²) in [4.78, 5) is 27.1. The third-order valence-electron chi connectivity index (χ3n) is 5.07. The summed E-state index contributed by atoms with van der Waals surface area (Å²) in [6, 6.07) is 19.1. The standard InChI is InChI=1S/C26H21ClN2O6/c1-2-33-24-15-18(8-11-23(24)34-13-12-17-6-4-3-5-7-17)14-22-26(30)35-25(28-22)20-16-19(29(31)32)9-10-21(20)27/h3-11,14-16H,2,12-13H2,1H3/b22-14-. The van der Waals surface area contributed by atoms with E-state index < -0.39 is 10.9 Å². The van der Waals surface area contributed by atoms with E-state index in [1.54, 1.807) is 18.2 Å². The van der Waals surface area contributed by atoms with Gasteiger partial charge in [0.1, 0.15) is 0 Å². The van der Waals surface area contributed by atoms with Crippen molar-refractivity contribution in [1.29, 1.82) is 0 Å². The first-order chi connectivity index (χ1) is 16.9. The van der Waals surface area contributed by atoms with Crippen molar-refractivity contribution in [1.82, 2.24) is 0 Å². The lowest BCUT2D eigenvalue weighted by molar-refractivity contribution is -0.384. The van der Waals surface area contributed by atoms with Gasteiger partial charge in [-0.25, -0.2) is 9.79 Å². The van der Waals surface area contributed by atoms with Gasteiger partial charge in [-0.2, -0.15) is 0 Å². The second-order valence-corrected chi connectivity index (χ2v) is 7.89. The van der Waals surface area contributed by atoms with Crippen LogP contribution < -0.4 is 9.47 Å². The summed E-state index contributed by atoms with van der Waals surface area (Å²) >= 11 is 6.15. The molecule has 0 unspecified atom stereocenters. The Hall–Kier alpha value is -4.17. The fourth-order valence-electron chi connectivity index (χ4n) is 3.40. The highest BCUT2D eigenvalue weighted by atomic mass is 35.5. The predicted molar refractivity (Wildman–Crippen MR) is 132 cm³/mol. The van der Waals surface area contributed by atoms with Gasteiger partial charge in [0, 0.05) is 18.6 Å². The number of nitrogens with zero attached hydrogens (tertiary/aromatic N) is 2. The number of halogens is 1. The maximum Gasteiger partial charge on any atom is 0.363 e. The number of hydrogen-bond donors (Lipinski definition) is 0. The lowest BCUT2D eigenvalue weighted by atomic mass is 10.1. The highest BCUT2D eigenvalue weighted by molar-refractivity contribution is 6.34. The zero-order chi connectivity index (χ0) is 24.8. The number of cyclic esters (lactones) is 1. The first-order valence-electron chi connectivity index (χ1n) is 10.8. The molecule has 1 aliphatic heterocycles. The Bertz CT molecular complexity index is 1320. The fourth-order valence-corrected chi connectivity index (χ4v) is 3.60. The van der Waals surface area contributed by atoms with Gasteiger partial charge in [-0.1, -0.05) is 48.0 Å². The van der Waals surface area contributed by atoms with Crippen LogP contribution in [0.15, 0.2) is 77.4 Å². The van der Waals surface area contributed by atoms with Gasteiger partial charge < -0.3 is 14.2 Å². The minimum Gasteiger partial charge on any atom is -0.490 e. The first-order valence-corrected chi connectivity index (χ1v) is 11.2. The molecule has 0 aliphatic carbocycles. The van der Waals surface area contributed by atoms with Gasteiger partial charge in [-0.3, -0.25) is 10.1 Å². The quantitative estimate of drug-likeness (QED) is 0.166. The van der Waals surface area contributed by atoms with Gasteiger partial charge in [-0.15, -0.1) is 0 Å². The Kier molecular flexibility index (Phi) is 7.42. The van der Waals surface area contributed by atoms with E-state index in [4.69, 9.17) is 25.8 Å². The lowest BCUT2D eigenvalue weighted by Crippen LogP contribution is -2.06. The van der Waals surface area contributed by atoms with E-state index >= 15 is 0 Å². The van der Waals surface area contributed by atoms with Crippen molar-refractivity contribution in [3.63, 3.8) is 0 Å². The molecule has 3 aromatic rings. The van der Waals surface area contributed by atoms with Crippen molar-refractivity contribution < 1.29 is 23.9 Å². The molecule has 9 heteroatoms. The molecular weight excluding hydrogens is 472 g/mol. The molecule has 8 nitrogen and oxygen atoms in total. The summed E-state index contributed by atoms with van der Waals surface area (Å²) in [6.07, 6.45) is 2.29. The van der Waals surface area contributed by atoms with Crippen molar-refractivity contribution in [2.45, 2.75) is 13.3 Å². The maximum absolute atomic E-state index is 12.4. The molecule has 0 spiro atoms. The zero-order valence-corrected chi connectivity index (χ0v) is 19.5. The maximum atomic E-state index is 12.4. The van der Waals surface area contributed by atoms with Crippen molar-refractivity contribution >= 4 is 35.2 Å². The number of hydrogen-bond acceptors (Lipinski definition) is 7. The second-order valence-electron chi connectivity index (χ2n) is 7.48. The minimum atomic E-state index is -0.691. The lowest BCUT2D eigenvalue weighted by Gasteiger charge is -2.12. The Morgan fingerprint density at radius 1 is 1.06 bits per heavy atom. The van der Waals surface area contributed by atoms with E-state index in [0.29, 0.717) is 30.3 Å². The van der Waals surface area contributed by atoms with Gasteiger partial charge in [0.25, 0.3) is 5.69 Å². The normalized spacial score (nSPS) is 13.9. The molecule has 0 atom stereocenters. The van der Waals surface area contributed by atoms with E-state index in [0.717, 1.165) is 6.42 Å². The highest BCUT2D eigenvalue weighted by Crippen LogP contribution is 2.31. The number of nitro benzene ring substituents is 1. The zero-order valence-electron chi connectivity index (χ0n) is 18.8. The highest BCUT2D eigenvalue weighted by Gasteiger charge is 2.27. The molecule has 1 aliphatic rings. The van der Waals surface area contributed by atoms with Crippen LogP contribution in [0.4, 0.5) is 5.69 Å². The molecule has 35 heavy (non-hydrogen) atoms. The predicted octanol–water partition coefficient (Wildman–Crippen LogP) is 5.61. The van der Waals surface area contributed by atoms with Crippen LogP contribution in [0.3, 0.4) is 0 Å². The molecule has 0 fully saturated rings. The molecular formula is C26H21ClN2O6. The molecule has 3 aromatic carbocycles. The summed E-state index contributed by atoms with van der Waals surface area (Å²) in [7, 11) is 0. The first kappa shape index (κ1) is 24.0. The van der Waals surface area contributed by atoms with Crippen molar-refractivity contribution in [3.05, 3.63) is 104 Å². The number of aliphatic imine (C=N–C) groups is 1. The summed E-state index contributed by atoms with van der Waals surface area (Å²) in [6.45, 7) is 2.78. The molecule has 1 heterocycles. The molecule has 0 N–H and O–H groups in total. The van der Waals surface area contributed by atoms with E-state index in [1.165, 1.54) is 29.8 Å². The number of nitro groups is 1. The number of rotatable bonds is 9. The summed E-state index contributed by atoms with van der Waals surface area (Å²) in [5, 5.41) is 11.3. The largest absolute Gasteiger partial charge is 0.490 e. The van der Waals surface area contributed by atoms with Crippen LogP contribution in [0.2, 0.25) is 5.02 Å². The van der Waals surface area contributed by atoms with Gasteiger partial charge in [-0.05, 0) is 42.3 Å². The van der Waals surface area contributed by atoms with Crippen molar-refractivity contribution in [2.75, 3.05) is 13.2 Å². The molecule has 0 saturated heterocycles. The van der Waals surface area contributed by atoms with Gasteiger partial charge in [0.05, 0.1) is 28.7 Å². The molecule has 0 aromatic heterocycles. The van der Waals surface area contributed by atoms with Crippen LogP contribution in [0.25, 0.3) is 6.08 Å². The van der Waals surface area contributed by atoms with E-state index in [1.807, 2.05) is 37.3 Å². The molecule has 4 rings (SSSR count). The number of carbonyl (C=O) groups is 1. The Morgan fingerprint density at radius 2 is 1.86 bits per heavy atom. The van der Waals surface area contributed by atoms with Crippen LogP contribution in [0.1, 0.15) is 23.6 Å². The van der Waals surface area contributed by atoms with Crippen LogP contribution in [-0.4, -0.2) is 30.0 Å².